The Morgan fingerprint density at radius 3 is 2.76 bits per heavy atom. The van der Waals surface area contributed by atoms with Gasteiger partial charge in [0, 0.05) is 36.3 Å². The molecule has 1 fully saturated rings. The molecule has 3 heterocycles. The minimum Gasteiger partial charge on any atom is -0.488 e. The number of amides is 1. The van der Waals surface area contributed by atoms with Crippen molar-refractivity contribution in [1.82, 2.24) is 15.3 Å². The summed E-state index contributed by atoms with van der Waals surface area (Å²) in [6.07, 6.45) is 0.171. The van der Waals surface area contributed by atoms with Gasteiger partial charge in [-0.3, -0.25) is 10.1 Å². The zero-order valence-corrected chi connectivity index (χ0v) is 12.7. The lowest BCUT2D eigenvalue weighted by molar-refractivity contribution is 0.101. The van der Waals surface area contributed by atoms with Crippen molar-refractivity contribution in [3.05, 3.63) is 34.6 Å². The molecule has 0 atom stereocenters. The highest BCUT2D eigenvalue weighted by Crippen LogP contribution is 2.19. The highest BCUT2D eigenvalue weighted by molar-refractivity contribution is 7.13. The van der Waals surface area contributed by atoms with Crippen molar-refractivity contribution in [2.24, 2.45) is 0 Å². The first-order valence-corrected chi connectivity index (χ1v) is 7.57. The van der Waals surface area contributed by atoms with Crippen LogP contribution in [0.3, 0.4) is 0 Å². The molecule has 1 saturated heterocycles. The lowest BCUT2D eigenvalue weighted by Gasteiger charge is -2.28. The van der Waals surface area contributed by atoms with Gasteiger partial charge in [-0.25, -0.2) is 9.97 Å². The number of pyridine rings is 1. The number of nitrogens with one attached hydrogen (secondary N) is 2. The summed E-state index contributed by atoms with van der Waals surface area (Å²) < 4.78 is 5.78. The number of hydrogen-bond acceptors (Lipinski definition) is 6. The van der Waals surface area contributed by atoms with Gasteiger partial charge in [0.15, 0.2) is 5.13 Å². The smallest absolute Gasteiger partial charge is 0.276 e. The molecule has 1 aliphatic rings. The predicted molar refractivity (Wildman–Crippen MR) is 81.1 cm³/mol. The molecule has 1 amide bonds. The molecular formula is C14H16N4O2S. The molecule has 0 unspecified atom stereocenters. The zero-order chi connectivity index (χ0) is 14.8. The van der Waals surface area contributed by atoms with Crippen molar-refractivity contribution < 1.29 is 9.53 Å². The van der Waals surface area contributed by atoms with E-state index in [2.05, 4.69) is 20.6 Å². The highest BCUT2D eigenvalue weighted by Gasteiger charge is 2.19. The summed E-state index contributed by atoms with van der Waals surface area (Å²) in [4.78, 5) is 20.7. The van der Waals surface area contributed by atoms with Gasteiger partial charge in [0.2, 0.25) is 0 Å². The molecular weight excluding hydrogens is 288 g/mol. The number of nitrogens with zero attached hydrogens (tertiary/aromatic N) is 2. The number of anilines is 1. The summed E-state index contributed by atoms with van der Waals surface area (Å²) in [5.41, 5.74) is 1.97. The number of hydrogen-bond donors (Lipinski definition) is 2. The first-order chi connectivity index (χ1) is 10.1. The second-order valence-electron chi connectivity index (χ2n) is 4.98. The predicted octanol–water partition coefficient (Wildman–Crippen LogP) is 1.76. The van der Waals surface area contributed by atoms with Gasteiger partial charge in [0.05, 0.1) is 5.69 Å². The van der Waals surface area contributed by atoms with Crippen molar-refractivity contribution >= 4 is 22.4 Å². The summed E-state index contributed by atoms with van der Waals surface area (Å²) in [6.45, 7) is 5.40. The number of aromatic nitrogens is 2. The van der Waals surface area contributed by atoms with E-state index >= 15 is 0 Å². The van der Waals surface area contributed by atoms with Crippen LogP contribution in [0, 0.1) is 13.8 Å². The molecule has 0 aromatic carbocycles. The number of aryl methyl sites for hydroxylation is 2. The Bertz CT molecular complexity index is 667. The molecule has 0 saturated carbocycles. The van der Waals surface area contributed by atoms with E-state index in [9.17, 15) is 4.79 Å². The lowest BCUT2D eigenvalue weighted by atomic mass is 10.2. The molecule has 0 spiro atoms. The fourth-order valence-electron chi connectivity index (χ4n) is 1.93. The number of rotatable bonds is 4. The lowest BCUT2D eigenvalue weighted by Crippen LogP contribution is -2.50. The second-order valence-corrected chi connectivity index (χ2v) is 5.83. The molecule has 1 aliphatic heterocycles. The first kappa shape index (κ1) is 14.0. The Morgan fingerprint density at radius 2 is 2.14 bits per heavy atom. The van der Waals surface area contributed by atoms with Crippen LogP contribution in [0.15, 0.2) is 17.5 Å². The van der Waals surface area contributed by atoms with Crippen LogP contribution in [-0.2, 0) is 0 Å². The van der Waals surface area contributed by atoms with Crippen LogP contribution in [0.4, 0.5) is 5.13 Å². The SMILES string of the molecule is Cc1cc(OC2CNC2)cc(C(=O)Nc2nc(C)cs2)n1. The number of thiazole rings is 1. The van der Waals surface area contributed by atoms with Crippen LogP contribution in [-0.4, -0.2) is 35.1 Å². The van der Waals surface area contributed by atoms with E-state index in [-0.39, 0.29) is 12.0 Å². The summed E-state index contributed by atoms with van der Waals surface area (Å²) >= 11 is 1.39. The number of carbonyl (C=O) groups is 1. The number of carbonyl (C=O) groups excluding carboxylic acids is 1. The van der Waals surface area contributed by atoms with Crippen molar-refractivity contribution in [1.29, 1.82) is 0 Å². The molecule has 0 bridgehead atoms. The number of ether oxygens (including phenoxy) is 1. The maximum Gasteiger partial charge on any atom is 0.276 e. The minimum absolute atomic E-state index is 0.171. The van der Waals surface area contributed by atoms with Gasteiger partial charge in [-0.15, -0.1) is 11.3 Å². The minimum atomic E-state index is -0.273. The van der Waals surface area contributed by atoms with Crippen LogP contribution < -0.4 is 15.4 Å². The van der Waals surface area contributed by atoms with E-state index in [1.807, 2.05) is 25.3 Å². The molecule has 110 valence electrons. The highest BCUT2D eigenvalue weighted by atomic mass is 32.1. The van der Waals surface area contributed by atoms with Gasteiger partial charge in [-0.05, 0) is 13.8 Å². The van der Waals surface area contributed by atoms with Crippen molar-refractivity contribution in [3.63, 3.8) is 0 Å². The molecule has 6 nitrogen and oxygen atoms in total. The molecule has 7 heteroatoms. The van der Waals surface area contributed by atoms with Gasteiger partial charge in [0.1, 0.15) is 17.5 Å². The summed E-state index contributed by atoms with van der Waals surface area (Å²) in [5, 5.41) is 8.36. The van der Waals surface area contributed by atoms with Gasteiger partial charge in [-0.1, -0.05) is 0 Å². The standard InChI is InChI=1S/C14H16N4O2S/c1-8-3-10(20-11-5-15-6-11)4-12(16-8)13(19)18-14-17-9(2)7-21-14/h3-4,7,11,15H,5-6H2,1-2H3,(H,17,18,19). The van der Waals surface area contributed by atoms with Gasteiger partial charge < -0.3 is 10.1 Å². The van der Waals surface area contributed by atoms with Crippen LogP contribution in [0.2, 0.25) is 0 Å². The molecule has 2 aromatic rings. The molecule has 0 radical (unpaired) electrons. The third kappa shape index (κ3) is 3.37. The Hall–Kier alpha value is -1.99. The zero-order valence-electron chi connectivity index (χ0n) is 11.8. The maximum absolute atomic E-state index is 12.2. The quantitative estimate of drug-likeness (QED) is 0.900. The van der Waals surface area contributed by atoms with E-state index in [0.29, 0.717) is 16.6 Å². The maximum atomic E-state index is 12.2. The largest absolute Gasteiger partial charge is 0.488 e. The van der Waals surface area contributed by atoms with Crippen molar-refractivity contribution in [2.45, 2.75) is 20.0 Å². The molecule has 3 rings (SSSR count). The molecule has 2 aromatic heterocycles. The third-order valence-electron chi connectivity index (χ3n) is 3.05. The van der Waals surface area contributed by atoms with Crippen molar-refractivity contribution in [2.75, 3.05) is 18.4 Å². The van der Waals surface area contributed by atoms with E-state index < -0.39 is 0 Å². The van der Waals surface area contributed by atoms with Crippen molar-refractivity contribution in [3.8, 4) is 5.75 Å². The first-order valence-electron chi connectivity index (χ1n) is 6.70. The third-order valence-corrected chi connectivity index (χ3v) is 3.92. The average molecular weight is 304 g/mol. The van der Waals surface area contributed by atoms with Gasteiger partial charge >= 0.3 is 0 Å². The van der Waals surface area contributed by atoms with Crippen LogP contribution in [0.1, 0.15) is 21.9 Å². The van der Waals surface area contributed by atoms with Crippen LogP contribution in [0.5, 0.6) is 5.75 Å². The molecule has 2 N–H and O–H groups in total. The van der Waals surface area contributed by atoms with Gasteiger partial charge in [0.25, 0.3) is 5.91 Å². The normalized spacial score (nSPS) is 14.6. The second kappa shape index (κ2) is 5.79. The Labute approximate surface area is 126 Å². The van der Waals surface area contributed by atoms with E-state index in [4.69, 9.17) is 4.74 Å². The fraction of sp³-hybridized carbons (Fsp3) is 0.357. The summed E-state index contributed by atoms with van der Waals surface area (Å²) in [5.74, 6) is 0.402. The van der Waals surface area contributed by atoms with Crippen LogP contribution in [0.25, 0.3) is 0 Å². The Balaban J connectivity index is 1.75. The topological polar surface area (TPSA) is 76.1 Å². The summed E-state index contributed by atoms with van der Waals surface area (Å²) in [6, 6.07) is 3.50. The molecule has 21 heavy (non-hydrogen) atoms. The fourth-order valence-corrected chi connectivity index (χ4v) is 2.61. The summed E-state index contributed by atoms with van der Waals surface area (Å²) in [7, 11) is 0. The van der Waals surface area contributed by atoms with Crippen LogP contribution >= 0.6 is 11.3 Å². The molecule has 0 aliphatic carbocycles. The monoisotopic (exact) mass is 304 g/mol. The van der Waals surface area contributed by atoms with Gasteiger partial charge in [-0.2, -0.15) is 0 Å². The van der Waals surface area contributed by atoms with E-state index in [1.165, 1.54) is 11.3 Å². The van der Waals surface area contributed by atoms with E-state index in [0.717, 1.165) is 24.5 Å². The average Bonchev–Trinajstić information content (AvgIpc) is 2.79. The van der Waals surface area contributed by atoms with E-state index in [1.54, 1.807) is 6.07 Å². The Kier molecular flexibility index (Phi) is 3.85. The Morgan fingerprint density at radius 1 is 1.33 bits per heavy atom.